The fourth-order valence-electron chi connectivity index (χ4n) is 7.26. The summed E-state index contributed by atoms with van der Waals surface area (Å²) in [6.07, 6.45) is 9.32. The number of carboxylic acid groups (broad SMARTS) is 2. The second kappa shape index (κ2) is 27.1. The number of hydrogen-bond donors (Lipinski definition) is 0. The molecule has 0 radical (unpaired) electrons. The van der Waals surface area contributed by atoms with Crippen molar-refractivity contribution in [3.8, 4) is 0 Å². The van der Waals surface area contributed by atoms with Gasteiger partial charge in [-0.2, -0.15) is 0 Å². The van der Waals surface area contributed by atoms with Crippen LogP contribution < -0.4 is 10.2 Å². The number of hydrogen-bond acceptors (Lipinski definition) is 12. The van der Waals surface area contributed by atoms with Crippen LogP contribution in [0.5, 0.6) is 0 Å². The first-order valence-electron chi connectivity index (χ1n) is 20.3. The minimum Gasteiger partial charge on any atom is -0.550 e. The van der Waals surface area contributed by atoms with Crippen molar-refractivity contribution in [3.05, 3.63) is 0 Å². The van der Waals surface area contributed by atoms with Gasteiger partial charge in [-0.05, 0) is 63.7 Å². The van der Waals surface area contributed by atoms with Crippen LogP contribution in [0.25, 0.3) is 0 Å². The number of likely N-dealkylation sites (tertiary alicyclic amines) is 1. The summed E-state index contributed by atoms with van der Waals surface area (Å²) in [5, 5.41) is 25.4. The van der Waals surface area contributed by atoms with Gasteiger partial charge in [-0.1, -0.05) is 86.0 Å². The summed E-state index contributed by atoms with van der Waals surface area (Å²) in [6, 6.07) is -0.994. The van der Waals surface area contributed by atoms with E-state index in [4.69, 9.17) is 14.2 Å². The lowest BCUT2D eigenvalue weighted by atomic mass is 9.76. The average Bonchev–Trinajstić information content (AvgIpc) is 3.53. The Morgan fingerprint density at radius 2 is 1.37 bits per heavy atom. The van der Waals surface area contributed by atoms with Crippen LogP contribution in [0.3, 0.4) is 0 Å². The summed E-state index contributed by atoms with van der Waals surface area (Å²) in [4.78, 5) is 90.2. The summed E-state index contributed by atoms with van der Waals surface area (Å²) < 4.78 is 16.6. The van der Waals surface area contributed by atoms with E-state index in [-0.39, 0.29) is 51.3 Å². The minimum absolute atomic E-state index is 0.0147. The number of rotatable bonds is 31. The van der Waals surface area contributed by atoms with Gasteiger partial charge in [-0.25, -0.2) is 0 Å². The maximum absolute atomic E-state index is 13.7. The quantitative estimate of drug-likeness (QED) is 0.0420. The van der Waals surface area contributed by atoms with Crippen LogP contribution in [0, 0.1) is 35.5 Å². The van der Waals surface area contributed by atoms with Crippen LogP contribution in [0.15, 0.2) is 0 Å². The van der Waals surface area contributed by atoms with Crippen molar-refractivity contribution in [3.63, 3.8) is 0 Å². The number of carbonyl (C=O) groups is 7. The standard InChI is InChI=1S/C41H69NO12/c1-7-9-10-11-12-15-21-52-40(50)29(5)23-32(41(51)53-22-16-13-14-18-28(3)4)25-31(27-54-36(45)24-30(6)43)26-33(38(46)47)37(39(48)49)34(8-2)42-20-17-19-35(42)44/h28-29,31-34,37H,7-27H2,1-6H3,(H,46,47)(H,48,49)/p-2. The predicted molar refractivity (Wildman–Crippen MR) is 197 cm³/mol. The molecule has 0 aromatic carbocycles. The first kappa shape index (κ1) is 48.5. The number of nitrogens with zero attached hydrogens (tertiary/aromatic N) is 1. The SMILES string of the molecule is CCCCCCCCOC(=O)C(C)CC(CC(COC(=O)CC(C)=O)CC(C(=O)[O-])C(C(=O)[O-])C(CC)N1CCCC1=O)C(=O)OCCCCCC(C)C. The highest BCUT2D eigenvalue weighted by molar-refractivity contribution is 5.94. The molecule has 0 bridgehead atoms. The molecule has 1 saturated heterocycles. The second-order valence-electron chi connectivity index (χ2n) is 15.5. The van der Waals surface area contributed by atoms with Crippen LogP contribution in [-0.2, 0) is 47.8 Å². The second-order valence-corrected chi connectivity index (χ2v) is 15.5. The highest BCUT2D eigenvalue weighted by Crippen LogP contribution is 2.34. The van der Waals surface area contributed by atoms with Crippen molar-refractivity contribution in [2.24, 2.45) is 35.5 Å². The van der Waals surface area contributed by atoms with Gasteiger partial charge in [0.15, 0.2) is 0 Å². The number of ether oxygens (including phenoxy) is 3. The number of unbranched alkanes of at least 4 members (excludes halogenated alkanes) is 7. The lowest BCUT2D eigenvalue weighted by Gasteiger charge is -2.40. The first-order valence-corrected chi connectivity index (χ1v) is 20.3. The van der Waals surface area contributed by atoms with Crippen LogP contribution in [0.4, 0.5) is 0 Å². The van der Waals surface area contributed by atoms with E-state index in [1.54, 1.807) is 13.8 Å². The summed E-state index contributed by atoms with van der Waals surface area (Å²) in [5.74, 6) is -11.5. The van der Waals surface area contributed by atoms with Gasteiger partial charge in [-0.3, -0.25) is 24.0 Å². The molecule has 1 aliphatic rings. The van der Waals surface area contributed by atoms with Gasteiger partial charge in [0.1, 0.15) is 12.2 Å². The Bertz CT molecular complexity index is 1190. The number of esters is 3. The lowest BCUT2D eigenvalue weighted by molar-refractivity contribution is -0.329. The number of Topliss-reactive ketones (excluding diaryl/α,β-unsaturated/α-hetero) is 1. The molecule has 13 nitrogen and oxygen atoms in total. The van der Waals surface area contributed by atoms with E-state index >= 15 is 0 Å². The molecule has 0 spiro atoms. The Hall–Kier alpha value is -3.51. The molecule has 0 aromatic heterocycles. The fourth-order valence-corrected chi connectivity index (χ4v) is 7.26. The third kappa shape index (κ3) is 19.2. The molecule has 0 aliphatic carbocycles. The fraction of sp³-hybridized carbons (Fsp3) is 0.829. The molecule has 6 unspecified atom stereocenters. The number of aliphatic carboxylic acids is 2. The van der Waals surface area contributed by atoms with Crippen molar-refractivity contribution in [2.75, 3.05) is 26.4 Å². The third-order valence-electron chi connectivity index (χ3n) is 10.2. The molecule has 0 aromatic rings. The zero-order valence-electron chi connectivity index (χ0n) is 33.7. The zero-order valence-corrected chi connectivity index (χ0v) is 33.7. The molecule has 13 heteroatoms. The molecule has 310 valence electrons. The van der Waals surface area contributed by atoms with Gasteiger partial charge < -0.3 is 38.9 Å². The van der Waals surface area contributed by atoms with E-state index in [0.29, 0.717) is 25.2 Å². The van der Waals surface area contributed by atoms with Gasteiger partial charge in [0.05, 0.1) is 31.7 Å². The predicted octanol–water partition coefficient (Wildman–Crippen LogP) is 4.34. The van der Waals surface area contributed by atoms with Crippen LogP contribution in [0.1, 0.15) is 151 Å². The summed E-state index contributed by atoms with van der Waals surface area (Å²) in [7, 11) is 0. The van der Waals surface area contributed by atoms with Crippen molar-refractivity contribution in [1.82, 2.24) is 4.90 Å². The molecule has 6 atom stereocenters. The number of carbonyl (C=O) groups excluding carboxylic acids is 7. The molecule has 0 saturated carbocycles. The van der Waals surface area contributed by atoms with Gasteiger partial charge in [0, 0.05) is 42.8 Å². The van der Waals surface area contributed by atoms with E-state index < -0.39 is 90.7 Å². The molecular formula is C41H67NO12-2. The highest BCUT2D eigenvalue weighted by atomic mass is 16.5. The molecule has 0 N–H and O–H groups in total. The Morgan fingerprint density at radius 3 is 1.91 bits per heavy atom. The average molecular weight is 766 g/mol. The Morgan fingerprint density at radius 1 is 0.759 bits per heavy atom. The molecule has 1 aliphatic heterocycles. The summed E-state index contributed by atoms with van der Waals surface area (Å²) in [6.45, 7) is 11.1. The van der Waals surface area contributed by atoms with Gasteiger partial charge in [0.2, 0.25) is 5.91 Å². The topological polar surface area (TPSA) is 197 Å². The summed E-state index contributed by atoms with van der Waals surface area (Å²) in [5.41, 5.74) is 0. The van der Waals surface area contributed by atoms with Gasteiger partial charge in [-0.15, -0.1) is 0 Å². The van der Waals surface area contributed by atoms with Gasteiger partial charge >= 0.3 is 17.9 Å². The van der Waals surface area contributed by atoms with Gasteiger partial charge in [0.25, 0.3) is 0 Å². The summed E-state index contributed by atoms with van der Waals surface area (Å²) >= 11 is 0. The zero-order chi connectivity index (χ0) is 40.6. The Balaban J connectivity index is 3.35. The molecular weight excluding hydrogens is 698 g/mol. The van der Waals surface area contributed by atoms with E-state index in [1.165, 1.54) is 11.8 Å². The molecule has 1 amide bonds. The Kier molecular flexibility index (Phi) is 24.4. The Labute approximate surface area is 322 Å². The normalized spacial score (nSPS) is 16.3. The first-order chi connectivity index (χ1) is 25.6. The van der Waals surface area contributed by atoms with E-state index in [2.05, 4.69) is 20.8 Å². The van der Waals surface area contributed by atoms with E-state index in [1.807, 2.05) is 0 Å². The third-order valence-corrected chi connectivity index (χ3v) is 10.2. The van der Waals surface area contributed by atoms with E-state index in [9.17, 15) is 43.8 Å². The van der Waals surface area contributed by atoms with E-state index in [0.717, 1.165) is 51.4 Å². The van der Waals surface area contributed by atoms with Crippen molar-refractivity contribution in [2.45, 2.75) is 157 Å². The maximum atomic E-state index is 13.7. The van der Waals surface area contributed by atoms with Crippen LogP contribution >= 0.6 is 0 Å². The largest absolute Gasteiger partial charge is 0.550 e. The molecule has 1 fully saturated rings. The van der Waals surface area contributed by atoms with Crippen LogP contribution in [0.2, 0.25) is 0 Å². The number of carboxylic acids is 2. The maximum Gasteiger partial charge on any atom is 0.313 e. The smallest absolute Gasteiger partial charge is 0.313 e. The van der Waals surface area contributed by atoms with Crippen molar-refractivity contribution < 1.29 is 58.0 Å². The highest BCUT2D eigenvalue weighted by Gasteiger charge is 2.40. The number of ketones is 1. The van der Waals surface area contributed by atoms with Crippen molar-refractivity contribution >= 4 is 41.5 Å². The lowest BCUT2D eigenvalue weighted by Crippen LogP contribution is -2.55. The monoisotopic (exact) mass is 765 g/mol. The molecule has 54 heavy (non-hydrogen) atoms. The number of amides is 1. The van der Waals surface area contributed by atoms with Crippen LogP contribution in [-0.4, -0.2) is 78.8 Å². The molecule has 1 heterocycles. The minimum atomic E-state index is -1.69. The van der Waals surface area contributed by atoms with Crippen molar-refractivity contribution in [1.29, 1.82) is 0 Å². The molecule has 1 rings (SSSR count).